The Morgan fingerprint density at radius 2 is 1.72 bits per heavy atom. The number of nitro benzene ring substituents is 1. The lowest BCUT2D eigenvalue weighted by Crippen LogP contribution is -2.61. The quantitative estimate of drug-likeness (QED) is 0.0640. The molecule has 3 aliphatic heterocycles. The van der Waals surface area contributed by atoms with Crippen LogP contribution in [0.4, 0.5) is 21.5 Å². The van der Waals surface area contributed by atoms with Crippen LogP contribution in [0.25, 0.3) is 11.0 Å². The standard InChI is InChI=1S/C53H65FN8O10S2/c1-32(2)39-8-6-7-9-40(39)46-30-60(74(69,70)33(3)4)20-21-61(46)36-26-53(27-36)16-18-59(19-17-53)35-10-11-41(47(22-35)72-37-23-42-43(54)29-56-50(42)55-28-37)51(63)58-73(67,68)38-24-45(62(65)66)49-48(25-38)71-31-44(57-49)34-12-14-52(5,64)15-13-34/h6-11,22-25,28-29,32-34,36,44,46,57,64H,12-21,26-27,30-31H2,1-5H3,(H,55,56)(H,58,63)/t34?,44-,46+,52?/m1/s1. The third-order valence-corrected chi connectivity index (χ3v) is 20.0. The molecule has 2 aromatic heterocycles. The molecule has 5 aliphatic rings. The van der Waals surface area contributed by atoms with Gasteiger partial charge in [0.25, 0.3) is 21.6 Å². The lowest BCUT2D eigenvalue weighted by molar-refractivity contribution is -0.384. The summed E-state index contributed by atoms with van der Waals surface area (Å²) in [5, 5.41) is 25.7. The lowest BCUT2D eigenvalue weighted by atomic mass is 9.59. The van der Waals surface area contributed by atoms with Gasteiger partial charge < -0.3 is 29.8 Å². The number of nitrogens with zero attached hydrogens (tertiary/aromatic N) is 5. The zero-order valence-corrected chi connectivity index (χ0v) is 44.0. The molecule has 0 bridgehead atoms. The molecule has 396 valence electrons. The van der Waals surface area contributed by atoms with Crippen LogP contribution in [0.15, 0.2) is 78.0 Å². The number of H-pyrrole nitrogens is 1. The van der Waals surface area contributed by atoms with Gasteiger partial charge in [-0.05, 0) is 119 Å². The predicted octanol–water partition coefficient (Wildman–Crippen LogP) is 8.60. The SMILES string of the molecule is CC(C)c1ccccc1[C@@H]1CN(S(=O)(=O)C(C)C)CCN1C1CC2(CCN(c3ccc(C(=O)NS(=O)(=O)c4cc5c(c([N+](=O)[O-])c4)N[C@@H](C4CCC(C)(O)CC4)CO5)c(Oc4cnc5[nH]cc(F)c5c4)c3)CC2)C1. The van der Waals surface area contributed by atoms with Crippen molar-refractivity contribution >= 4 is 54.0 Å². The molecule has 2 saturated carbocycles. The van der Waals surface area contributed by atoms with Gasteiger partial charge in [-0.3, -0.25) is 19.8 Å². The van der Waals surface area contributed by atoms with Gasteiger partial charge in [-0.25, -0.2) is 30.9 Å². The minimum Gasteiger partial charge on any atom is -0.489 e. The molecule has 0 unspecified atom stereocenters. The van der Waals surface area contributed by atoms with Gasteiger partial charge in [0.2, 0.25) is 10.0 Å². The number of aromatic amines is 1. The Morgan fingerprint density at radius 3 is 2.42 bits per heavy atom. The number of fused-ring (bicyclic) bond motifs is 2. The molecule has 3 aromatic carbocycles. The van der Waals surface area contributed by atoms with E-state index in [1.54, 1.807) is 37.2 Å². The Labute approximate surface area is 431 Å². The third-order valence-electron chi connectivity index (χ3n) is 16.4. The van der Waals surface area contributed by atoms with Crippen LogP contribution in [0, 0.1) is 27.3 Å². The molecule has 2 aliphatic carbocycles. The number of piperazine rings is 1. The van der Waals surface area contributed by atoms with Crippen LogP contribution in [0.2, 0.25) is 0 Å². The topological polar surface area (TPSA) is 230 Å². The number of anilines is 2. The molecule has 2 atom stereocenters. The normalized spacial score (nSPS) is 23.8. The first-order valence-corrected chi connectivity index (χ1v) is 28.6. The zero-order chi connectivity index (χ0) is 52.5. The number of ether oxygens (including phenoxy) is 2. The number of carbonyl (C=O) groups is 1. The second-order valence-electron chi connectivity index (χ2n) is 21.9. The van der Waals surface area contributed by atoms with Crippen LogP contribution in [-0.2, 0) is 20.0 Å². The summed E-state index contributed by atoms with van der Waals surface area (Å²) >= 11 is 0. The summed E-state index contributed by atoms with van der Waals surface area (Å²) in [6.07, 6.45) is 8.77. The highest BCUT2D eigenvalue weighted by Crippen LogP contribution is 2.54. The molecule has 1 spiro atoms. The van der Waals surface area contributed by atoms with E-state index in [1.807, 2.05) is 12.1 Å². The highest BCUT2D eigenvalue weighted by atomic mass is 32.2. The number of pyridine rings is 1. The van der Waals surface area contributed by atoms with E-state index in [0.717, 1.165) is 44.0 Å². The second kappa shape index (κ2) is 19.7. The molecule has 10 rings (SSSR count). The fourth-order valence-electron chi connectivity index (χ4n) is 12.0. The Morgan fingerprint density at radius 1 is 0.986 bits per heavy atom. The van der Waals surface area contributed by atoms with Gasteiger partial charge in [-0.15, -0.1) is 0 Å². The first-order chi connectivity index (χ1) is 35.1. The Bertz CT molecular complexity index is 3200. The average Bonchev–Trinajstić information content (AvgIpc) is 3.74. The number of nitrogens with one attached hydrogen (secondary N) is 3. The Kier molecular flexibility index (Phi) is 13.7. The van der Waals surface area contributed by atoms with Crippen LogP contribution in [0.1, 0.15) is 119 Å². The van der Waals surface area contributed by atoms with Gasteiger partial charge in [0.1, 0.15) is 29.6 Å². The van der Waals surface area contributed by atoms with E-state index in [0.29, 0.717) is 64.1 Å². The van der Waals surface area contributed by atoms with E-state index in [1.165, 1.54) is 29.5 Å². The van der Waals surface area contributed by atoms with Gasteiger partial charge in [-0.2, -0.15) is 4.31 Å². The number of nitro groups is 1. The number of sulfonamides is 2. The molecular weight excluding hydrogens is 992 g/mol. The van der Waals surface area contributed by atoms with Crippen LogP contribution in [-0.4, -0.2) is 114 Å². The maximum absolute atomic E-state index is 14.7. The number of amides is 1. The highest BCUT2D eigenvalue weighted by molar-refractivity contribution is 7.90. The largest absolute Gasteiger partial charge is 0.489 e. The zero-order valence-electron chi connectivity index (χ0n) is 42.3. The molecule has 0 radical (unpaired) electrons. The molecule has 21 heteroatoms. The maximum Gasteiger partial charge on any atom is 0.297 e. The number of hydrogen-bond acceptors (Lipinski definition) is 14. The monoisotopic (exact) mass is 1060 g/mol. The number of piperidine rings is 1. The molecule has 74 heavy (non-hydrogen) atoms. The fourth-order valence-corrected chi connectivity index (χ4v) is 14.3. The van der Waals surface area contributed by atoms with Crippen LogP contribution < -0.4 is 24.4 Å². The summed E-state index contributed by atoms with van der Waals surface area (Å²) in [5.74, 6) is -1.28. The van der Waals surface area contributed by atoms with Crippen molar-refractivity contribution in [2.24, 2.45) is 11.3 Å². The number of aromatic nitrogens is 2. The molecule has 4 N–H and O–H groups in total. The summed E-state index contributed by atoms with van der Waals surface area (Å²) in [4.78, 5) is 37.1. The predicted molar refractivity (Wildman–Crippen MR) is 278 cm³/mol. The minimum atomic E-state index is -4.76. The number of carbonyl (C=O) groups excluding carboxylic acids is 1. The van der Waals surface area contributed by atoms with Gasteiger partial charge in [0.15, 0.2) is 11.4 Å². The van der Waals surface area contributed by atoms with Crippen molar-refractivity contribution in [3.05, 3.63) is 106 Å². The number of aliphatic hydroxyl groups is 1. The smallest absolute Gasteiger partial charge is 0.297 e. The van der Waals surface area contributed by atoms with Gasteiger partial charge in [0, 0.05) is 74.9 Å². The maximum atomic E-state index is 14.7. The highest BCUT2D eigenvalue weighted by Gasteiger charge is 2.51. The van der Waals surface area contributed by atoms with Gasteiger partial charge in [0.05, 0.1) is 43.9 Å². The molecule has 5 heterocycles. The first-order valence-electron chi connectivity index (χ1n) is 25.6. The Hall–Kier alpha value is -5.87. The van der Waals surface area contributed by atoms with E-state index in [9.17, 15) is 41.2 Å². The molecule has 1 amide bonds. The molecule has 5 aromatic rings. The molecule has 18 nitrogen and oxygen atoms in total. The van der Waals surface area contributed by atoms with E-state index < -0.39 is 58.1 Å². The lowest BCUT2D eigenvalue weighted by Gasteiger charge is -2.58. The Balaban J connectivity index is 0.865. The van der Waals surface area contributed by atoms with E-state index in [2.05, 4.69) is 55.8 Å². The van der Waals surface area contributed by atoms with E-state index >= 15 is 0 Å². The molecular formula is C53H65FN8O10S2. The van der Waals surface area contributed by atoms with Crippen molar-refractivity contribution < 1.29 is 45.5 Å². The minimum absolute atomic E-state index is 0.0261. The first kappa shape index (κ1) is 51.6. The average molecular weight is 1060 g/mol. The van der Waals surface area contributed by atoms with Crippen molar-refractivity contribution in [1.29, 1.82) is 0 Å². The number of benzene rings is 3. The van der Waals surface area contributed by atoms with Crippen molar-refractivity contribution in [3.8, 4) is 17.2 Å². The molecule has 4 fully saturated rings. The summed E-state index contributed by atoms with van der Waals surface area (Å²) < 4.78 is 85.8. The number of hydrogen-bond donors (Lipinski definition) is 4. The summed E-state index contributed by atoms with van der Waals surface area (Å²) in [5.41, 5.74) is 2.05. The fraction of sp³-hybridized carbons (Fsp3) is 0.509. The van der Waals surface area contributed by atoms with Crippen molar-refractivity contribution in [2.75, 3.05) is 49.5 Å². The summed E-state index contributed by atoms with van der Waals surface area (Å²) in [7, 11) is -8.21. The number of halogens is 1. The second-order valence-corrected chi connectivity index (χ2v) is 26.1. The van der Waals surface area contributed by atoms with Gasteiger partial charge in [-0.1, -0.05) is 38.1 Å². The van der Waals surface area contributed by atoms with Crippen molar-refractivity contribution in [3.63, 3.8) is 0 Å². The van der Waals surface area contributed by atoms with Crippen molar-refractivity contribution in [1.82, 2.24) is 23.9 Å². The summed E-state index contributed by atoms with van der Waals surface area (Å²) in [6, 6.07) is 16.6. The van der Waals surface area contributed by atoms with Gasteiger partial charge >= 0.3 is 0 Å². The third kappa shape index (κ3) is 10.0. The van der Waals surface area contributed by atoms with Crippen LogP contribution >= 0.6 is 0 Å². The molecule has 2 saturated heterocycles. The number of rotatable bonds is 13. The van der Waals surface area contributed by atoms with Crippen molar-refractivity contribution in [2.45, 2.75) is 126 Å². The van der Waals surface area contributed by atoms with E-state index in [4.69, 9.17) is 9.47 Å². The summed E-state index contributed by atoms with van der Waals surface area (Å²) in [6.45, 7) is 12.6. The van der Waals surface area contributed by atoms with Crippen LogP contribution in [0.3, 0.4) is 0 Å². The van der Waals surface area contributed by atoms with E-state index in [-0.39, 0.29) is 81.5 Å². The van der Waals surface area contributed by atoms with Crippen LogP contribution in [0.5, 0.6) is 17.2 Å².